The highest BCUT2D eigenvalue weighted by molar-refractivity contribution is 5.96. The molecule has 1 amide bonds. The van der Waals surface area contributed by atoms with Gasteiger partial charge in [-0.05, 0) is 85.7 Å². The molecule has 2 fully saturated rings. The molecule has 0 saturated carbocycles. The van der Waals surface area contributed by atoms with Gasteiger partial charge in [-0.1, -0.05) is 36.4 Å². The van der Waals surface area contributed by atoms with Gasteiger partial charge in [-0.25, -0.2) is 0 Å². The van der Waals surface area contributed by atoms with Crippen LogP contribution in [0.5, 0.6) is 0 Å². The maximum absolute atomic E-state index is 12.4. The number of anilines is 1. The zero-order chi connectivity index (χ0) is 22.2. The van der Waals surface area contributed by atoms with Crippen LogP contribution in [0, 0.1) is 0 Å². The Balaban J connectivity index is 1.16. The Morgan fingerprint density at radius 2 is 1.76 bits per heavy atom. The summed E-state index contributed by atoms with van der Waals surface area (Å²) in [5, 5.41) is 17.6. The molecule has 1 aliphatic carbocycles. The van der Waals surface area contributed by atoms with Crippen molar-refractivity contribution in [3.63, 3.8) is 0 Å². The standard InChI is InChI=1S/C27H29N5O/c33-27(24-4-2-12-29-24)30-22-10-9-19-13-20(14-21(19)15-22)17-5-7-18(8-6-17)25-16-26(32-31-25)23-3-1-11-28-23/h5-10,14-16,23-24,28-29H,1-4,11-13H2,(H,30,33)(H,31,32)/t23-,24-/m0/s1. The molecular weight excluding hydrogens is 410 g/mol. The van der Waals surface area contributed by atoms with Crippen molar-refractivity contribution in [2.45, 2.75) is 44.2 Å². The number of amides is 1. The van der Waals surface area contributed by atoms with Crippen molar-refractivity contribution < 1.29 is 4.79 Å². The van der Waals surface area contributed by atoms with E-state index in [1.165, 1.54) is 34.4 Å². The highest BCUT2D eigenvalue weighted by atomic mass is 16.2. The number of nitrogens with one attached hydrogen (secondary N) is 4. The number of carbonyl (C=O) groups is 1. The molecule has 3 heterocycles. The van der Waals surface area contributed by atoms with Crippen molar-refractivity contribution in [1.29, 1.82) is 0 Å². The first-order valence-corrected chi connectivity index (χ1v) is 12.0. The van der Waals surface area contributed by atoms with Crippen LogP contribution in [0.2, 0.25) is 0 Å². The van der Waals surface area contributed by atoms with Crippen molar-refractivity contribution in [2.75, 3.05) is 18.4 Å². The van der Waals surface area contributed by atoms with Gasteiger partial charge < -0.3 is 16.0 Å². The number of hydrogen-bond donors (Lipinski definition) is 4. The average molecular weight is 440 g/mol. The molecule has 6 rings (SSSR count). The highest BCUT2D eigenvalue weighted by Crippen LogP contribution is 2.34. The number of aromatic amines is 1. The largest absolute Gasteiger partial charge is 0.325 e. The molecular formula is C27H29N5O. The topological polar surface area (TPSA) is 81.8 Å². The third-order valence-corrected chi connectivity index (χ3v) is 7.09. The van der Waals surface area contributed by atoms with Gasteiger partial charge in [0.15, 0.2) is 0 Å². The SMILES string of the molecule is O=C(Nc1ccc2c(c1)C=C(c1ccc(-c3cc([C@@H]4CCCN4)[nH]n3)cc1)C2)[C@@H]1CCCN1. The summed E-state index contributed by atoms with van der Waals surface area (Å²) in [5.74, 6) is 0.0653. The van der Waals surface area contributed by atoms with Crippen LogP contribution in [0.1, 0.15) is 54.1 Å². The fourth-order valence-corrected chi connectivity index (χ4v) is 5.20. The summed E-state index contributed by atoms with van der Waals surface area (Å²) < 4.78 is 0. The summed E-state index contributed by atoms with van der Waals surface area (Å²) in [5.41, 5.74) is 9.17. The average Bonchev–Trinajstić information content (AvgIpc) is 3.64. The van der Waals surface area contributed by atoms with Gasteiger partial charge in [0.25, 0.3) is 0 Å². The lowest BCUT2D eigenvalue weighted by Crippen LogP contribution is -2.35. The smallest absolute Gasteiger partial charge is 0.241 e. The van der Waals surface area contributed by atoms with Gasteiger partial charge >= 0.3 is 0 Å². The fraction of sp³-hybridized carbons (Fsp3) is 0.333. The van der Waals surface area contributed by atoms with Crippen molar-refractivity contribution in [1.82, 2.24) is 20.8 Å². The molecule has 1 aromatic heterocycles. The lowest BCUT2D eigenvalue weighted by Gasteiger charge is -2.12. The first-order valence-electron chi connectivity index (χ1n) is 12.0. The van der Waals surface area contributed by atoms with E-state index in [1.807, 2.05) is 6.07 Å². The van der Waals surface area contributed by atoms with Gasteiger partial charge in [0.05, 0.1) is 17.4 Å². The number of rotatable bonds is 5. The zero-order valence-electron chi connectivity index (χ0n) is 18.7. The van der Waals surface area contributed by atoms with Crippen LogP contribution in [0.4, 0.5) is 5.69 Å². The molecule has 33 heavy (non-hydrogen) atoms. The first-order chi connectivity index (χ1) is 16.2. The second-order valence-electron chi connectivity index (χ2n) is 9.33. The molecule has 0 bridgehead atoms. The Bertz CT molecular complexity index is 1200. The van der Waals surface area contributed by atoms with Gasteiger partial charge in [0.2, 0.25) is 5.91 Å². The molecule has 0 spiro atoms. The molecule has 2 atom stereocenters. The summed E-state index contributed by atoms with van der Waals surface area (Å²) >= 11 is 0. The van der Waals surface area contributed by atoms with Gasteiger partial charge in [0.1, 0.15) is 0 Å². The summed E-state index contributed by atoms with van der Waals surface area (Å²) in [7, 11) is 0. The van der Waals surface area contributed by atoms with Gasteiger partial charge in [0, 0.05) is 17.3 Å². The molecule has 168 valence electrons. The fourth-order valence-electron chi connectivity index (χ4n) is 5.20. The van der Waals surface area contributed by atoms with Crippen LogP contribution in [0.15, 0.2) is 48.5 Å². The monoisotopic (exact) mass is 439 g/mol. The normalized spacial score (nSPS) is 21.8. The Morgan fingerprint density at radius 1 is 0.939 bits per heavy atom. The van der Waals surface area contributed by atoms with Crippen molar-refractivity contribution >= 4 is 23.2 Å². The zero-order valence-corrected chi connectivity index (χ0v) is 18.7. The molecule has 2 saturated heterocycles. The Hall–Kier alpha value is -3.22. The summed E-state index contributed by atoms with van der Waals surface area (Å²) in [6, 6.07) is 17.4. The van der Waals surface area contributed by atoms with E-state index in [2.05, 4.69) is 74.7 Å². The second kappa shape index (κ2) is 8.61. The number of nitrogens with zero attached hydrogens (tertiary/aromatic N) is 1. The predicted octanol–water partition coefficient (Wildman–Crippen LogP) is 4.29. The molecule has 3 aliphatic rings. The van der Waals surface area contributed by atoms with E-state index < -0.39 is 0 Å². The molecule has 6 heteroatoms. The minimum Gasteiger partial charge on any atom is -0.325 e. The molecule has 2 aliphatic heterocycles. The molecule has 0 unspecified atom stereocenters. The predicted molar refractivity (Wildman–Crippen MR) is 132 cm³/mol. The lowest BCUT2D eigenvalue weighted by molar-refractivity contribution is -0.117. The Labute approximate surface area is 193 Å². The number of benzene rings is 2. The van der Waals surface area contributed by atoms with E-state index in [0.29, 0.717) is 6.04 Å². The number of allylic oxidation sites excluding steroid dienone is 1. The van der Waals surface area contributed by atoms with Crippen LogP contribution in [0.3, 0.4) is 0 Å². The van der Waals surface area contributed by atoms with E-state index in [0.717, 1.165) is 55.7 Å². The van der Waals surface area contributed by atoms with Crippen molar-refractivity contribution in [3.05, 3.63) is 70.9 Å². The molecule has 4 N–H and O–H groups in total. The van der Waals surface area contributed by atoms with Gasteiger partial charge in [-0.3, -0.25) is 9.89 Å². The number of carbonyl (C=O) groups excluding carboxylic acids is 1. The number of aromatic nitrogens is 2. The van der Waals surface area contributed by atoms with Crippen LogP contribution in [-0.2, 0) is 11.2 Å². The van der Waals surface area contributed by atoms with Gasteiger partial charge in [-0.15, -0.1) is 0 Å². The number of hydrogen-bond acceptors (Lipinski definition) is 4. The lowest BCUT2D eigenvalue weighted by atomic mass is 10.0. The quantitative estimate of drug-likeness (QED) is 0.478. The third kappa shape index (κ3) is 4.12. The van der Waals surface area contributed by atoms with E-state index in [-0.39, 0.29) is 11.9 Å². The Morgan fingerprint density at radius 3 is 2.55 bits per heavy atom. The van der Waals surface area contributed by atoms with Crippen molar-refractivity contribution in [2.24, 2.45) is 0 Å². The van der Waals surface area contributed by atoms with Crippen LogP contribution in [0.25, 0.3) is 22.9 Å². The van der Waals surface area contributed by atoms with Crippen LogP contribution >= 0.6 is 0 Å². The minimum atomic E-state index is -0.0668. The summed E-state index contributed by atoms with van der Waals surface area (Å²) in [4.78, 5) is 12.4. The van der Waals surface area contributed by atoms with E-state index in [9.17, 15) is 4.79 Å². The second-order valence-corrected chi connectivity index (χ2v) is 9.33. The summed E-state index contributed by atoms with van der Waals surface area (Å²) in [6.45, 7) is 2.00. The van der Waals surface area contributed by atoms with E-state index in [4.69, 9.17) is 0 Å². The van der Waals surface area contributed by atoms with Gasteiger partial charge in [-0.2, -0.15) is 5.10 Å². The molecule has 3 aromatic rings. The Kier molecular flexibility index (Phi) is 5.32. The van der Waals surface area contributed by atoms with Crippen LogP contribution < -0.4 is 16.0 Å². The maximum atomic E-state index is 12.4. The first kappa shape index (κ1) is 20.4. The summed E-state index contributed by atoms with van der Waals surface area (Å²) in [6.07, 6.45) is 7.51. The number of H-pyrrole nitrogens is 1. The minimum absolute atomic E-state index is 0.0653. The molecule has 0 radical (unpaired) electrons. The van der Waals surface area contributed by atoms with Crippen molar-refractivity contribution in [3.8, 4) is 11.3 Å². The highest BCUT2D eigenvalue weighted by Gasteiger charge is 2.23. The third-order valence-electron chi connectivity index (χ3n) is 7.09. The maximum Gasteiger partial charge on any atom is 0.241 e. The number of fused-ring (bicyclic) bond motifs is 1. The van der Waals surface area contributed by atoms with E-state index >= 15 is 0 Å². The molecule has 6 nitrogen and oxygen atoms in total. The van der Waals surface area contributed by atoms with Crippen LogP contribution in [-0.4, -0.2) is 35.2 Å². The van der Waals surface area contributed by atoms with E-state index in [1.54, 1.807) is 0 Å². The molecule has 2 aromatic carbocycles.